The van der Waals surface area contributed by atoms with Gasteiger partial charge in [0.1, 0.15) is 5.69 Å². The highest BCUT2D eigenvalue weighted by Gasteiger charge is 2.14. The largest absolute Gasteiger partial charge is 0.409 e. The van der Waals surface area contributed by atoms with E-state index in [2.05, 4.69) is 29.0 Å². The van der Waals surface area contributed by atoms with Crippen LogP contribution in [0, 0.1) is 6.92 Å². The molecule has 1 rings (SSSR count). The molecule has 0 aliphatic carbocycles. The zero-order valence-electron chi connectivity index (χ0n) is 10.7. The number of amidine groups is 1. The number of nitrogens with two attached hydrogens (primary N) is 1. The zero-order valence-corrected chi connectivity index (χ0v) is 10.7. The van der Waals surface area contributed by atoms with Gasteiger partial charge in [-0.15, -0.1) is 0 Å². The van der Waals surface area contributed by atoms with Crippen molar-refractivity contribution in [2.24, 2.45) is 10.9 Å². The van der Waals surface area contributed by atoms with E-state index in [4.69, 9.17) is 10.9 Å². The molecule has 0 aliphatic rings. The zero-order chi connectivity index (χ0) is 13.0. The van der Waals surface area contributed by atoms with Crippen molar-refractivity contribution in [3.8, 4) is 0 Å². The minimum absolute atomic E-state index is 0.00319. The Hall–Kier alpha value is -1.85. The molecule has 0 unspecified atom stereocenters. The normalized spacial score (nSPS) is 11.9. The second-order valence-electron chi connectivity index (χ2n) is 4.06. The van der Waals surface area contributed by atoms with Crippen LogP contribution in [0.1, 0.15) is 32.2 Å². The Morgan fingerprint density at radius 1 is 1.53 bits per heavy atom. The Bertz CT molecular complexity index is 416. The van der Waals surface area contributed by atoms with Crippen molar-refractivity contribution >= 4 is 11.8 Å². The standard InChI is InChI=1S/C11H19N5O/c1-5-16(7(2)3)11-13-8(4)6-9(14-11)10(12)15-17/h6-7,17H,5H2,1-4H3,(H2,12,15). The molecular weight excluding hydrogens is 218 g/mol. The van der Waals surface area contributed by atoms with Crippen LogP contribution in [0.4, 0.5) is 5.95 Å². The predicted octanol–water partition coefficient (Wildman–Crippen LogP) is 1.11. The molecule has 0 bridgehead atoms. The number of aryl methyl sites for hydroxylation is 1. The topological polar surface area (TPSA) is 87.6 Å². The molecule has 0 fully saturated rings. The highest BCUT2D eigenvalue weighted by atomic mass is 16.4. The van der Waals surface area contributed by atoms with Crippen LogP contribution in [0.3, 0.4) is 0 Å². The van der Waals surface area contributed by atoms with Crippen molar-refractivity contribution in [1.82, 2.24) is 9.97 Å². The molecule has 0 spiro atoms. The lowest BCUT2D eigenvalue weighted by atomic mass is 10.3. The smallest absolute Gasteiger partial charge is 0.226 e. The quantitative estimate of drug-likeness (QED) is 0.354. The first kappa shape index (κ1) is 13.2. The highest BCUT2D eigenvalue weighted by Crippen LogP contribution is 2.13. The molecule has 1 heterocycles. The van der Waals surface area contributed by atoms with Crippen LogP contribution < -0.4 is 10.6 Å². The number of hydrogen-bond acceptors (Lipinski definition) is 5. The van der Waals surface area contributed by atoms with Gasteiger partial charge in [0.15, 0.2) is 5.84 Å². The number of oxime groups is 1. The number of rotatable bonds is 4. The van der Waals surface area contributed by atoms with Crippen molar-refractivity contribution in [2.75, 3.05) is 11.4 Å². The molecule has 6 heteroatoms. The Morgan fingerprint density at radius 2 is 2.18 bits per heavy atom. The minimum atomic E-state index is -0.00319. The van der Waals surface area contributed by atoms with Crippen LogP contribution in [-0.2, 0) is 0 Å². The van der Waals surface area contributed by atoms with Crippen LogP contribution in [0.5, 0.6) is 0 Å². The van der Waals surface area contributed by atoms with E-state index in [1.54, 1.807) is 6.07 Å². The van der Waals surface area contributed by atoms with Gasteiger partial charge in [0, 0.05) is 18.3 Å². The molecule has 1 aromatic rings. The Balaban J connectivity index is 3.21. The summed E-state index contributed by atoms with van der Waals surface area (Å²) in [6, 6.07) is 1.98. The van der Waals surface area contributed by atoms with E-state index < -0.39 is 0 Å². The summed E-state index contributed by atoms with van der Waals surface area (Å²) < 4.78 is 0. The van der Waals surface area contributed by atoms with Crippen LogP contribution in [0.2, 0.25) is 0 Å². The van der Waals surface area contributed by atoms with Gasteiger partial charge < -0.3 is 15.8 Å². The molecule has 0 amide bonds. The van der Waals surface area contributed by atoms with Crippen LogP contribution in [-0.4, -0.2) is 33.6 Å². The first-order valence-electron chi connectivity index (χ1n) is 5.59. The maximum Gasteiger partial charge on any atom is 0.226 e. The van der Waals surface area contributed by atoms with E-state index >= 15 is 0 Å². The Morgan fingerprint density at radius 3 is 2.65 bits per heavy atom. The van der Waals surface area contributed by atoms with Gasteiger partial charge in [-0.25, -0.2) is 9.97 Å². The monoisotopic (exact) mass is 237 g/mol. The lowest BCUT2D eigenvalue weighted by molar-refractivity contribution is 0.318. The molecular formula is C11H19N5O. The number of anilines is 1. The molecule has 1 aromatic heterocycles. The van der Waals surface area contributed by atoms with Crippen LogP contribution in [0.25, 0.3) is 0 Å². The maximum atomic E-state index is 8.66. The summed E-state index contributed by atoms with van der Waals surface area (Å²) in [7, 11) is 0. The molecule has 3 N–H and O–H groups in total. The first-order chi connectivity index (χ1) is 7.99. The lowest BCUT2D eigenvalue weighted by Gasteiger charge is -2.25. The Labute approximate surface area is 101 Å². The lowest BCUT2D eigenvalue weighted by Crippen LogP contribution is -2.33. The average Bonchev–Trinajstić information content (AvgIpc) is 2.27. The van der Waals surface area contributed by atoms with Crippen molar-refractivity contribution in [1.29, 1.82) is 0 Å². The predicted molar refractivity (Wildman–Crippen MR) is 67.4 cm³/mol. The Kier molecular flexibility index (Phi) is 4.25. The van der Waals surface area contributed by atoms with Gasteiger partial charge in [-0.05, 0) is 33.8 Å². The maximum absolute atomic E-state index is 8.66. The third-order valence-corrected chi connectivity index (χ3v) is 2.43. The van der Waals surface area contributed by atoms with Gasteiger partial charge in [-0.3, -0.25) is 0 Å². The van der Waals surface area contributed by atoms with Gasteiger partial charge in [0.25, 0.3) is 0 Å². The van der Waals surface area contributed by atoms with Crippen molar-refractivity contribution < 1.29 is 5.21 Å². The molecule has 6 nitrogen and oxygen atoms in total. The molecule has 0 atom stereocenters. The number of aromatic nitrogens is 2. The van der Waals surface area contributed by atoms with Crippen molar-refractivity contribution in [2.45, 2.75) is 33.7 Å². The third kappa shape index (κ3) is 3.05. The first-order valence-corrected chi connectivity index (χ1v) is 5.59. The third-order valence-electron chi connectivity index (χ3n) is 2.43. The SMILES string of the molecule is CCN(c1nc(C)cc(/C(N)=N/O)n1)C(C)C. The molecule has 0 saturated carbocycles. The van der Waals surface area contributed by atoms with Crippen LogP contribution >= 0.6 is 0 Å². The van der Waals surface area contributed by atoms with E-state index in [1.165, 1.54) is 0 Å². The second kappa shape index (κ2) is 5.47. The molecule has 94 valence electrons. The van der Waals surface area contributed by atoms with Crippen molar-refractivity contribution in [3.63, 3.8) is 0 Å². The van der Waals surface area contributed by atoms with Gasteiger partial charge in [-0.2, -0.15) is 0 Å². The fraction of sp³-hybridized carbons (Fsp3) is 0.545. The van der Waals surface area contributed by atoms with Crippen LogP contribution in [0.15, 0.2) is 11.2 Å². The summed E-state index contributed by atoms with van der Waals surface area (Å²) in [5.74, 6) is 0.598. The van der Waals surface area contributed by atoms with Gasteiger partial charge in [-0.1, -0.05) is 5.16 Å². The number of nitrogens with zero attached hydrogens (tertiary/aromatic N) is 4. The van der Waals surface area contributed by atoms with Gasteiger partial charge in [0.2, 0.25) is 5.95 Å². The summed E-state index contributed by atoms with van der Waals surface area (Å²) in [6.07, 6.45) is 0. The fourth-order valence-corrected chi connectivity index (χ4v) is 1.60. The summed E-state index contributed by atoms with van der Waals surface area (Å²) in [5, 5.41) is 11.6. The molecule has 0 radical (unpaired) electrons. The highest BCUT2D eigenvalue weighted by molar-refractivity contribution is 5.95. The van der Waals surface area contributed by atoms with E-state index in [-0.39, 0.29) is 5.84 Å². The summed E-state index contributed by atoms with van der Waals surface area (Å²) in [5.41, 5.74) is 6.77. The average molecular weight is 237 g/mol. The summed E-state index contributed by atoms with van der Waals surface area (Å²) in [6.45, 7) is 8.83. The summed E-state index contributed by atoms with van der Waals surface area (Å²) in [4.78, 5) is 10.7. The molecule has 0 aliphatic heterocycles. The van der Waals surface area contributed by atoms with Crippen molar-refractivity contribution in [3.05, 3.63) is 17.5 Å². The van der Waals surface area contributed by atoms with E-state index in [0.717, 1.165) is 12.2 Å². The molecule has 17 heavy (non-hydrogen) atoms. The van der Waals surface area contributed by atoms with E-state index in [1.807, 2.05) is 18.7 Å². The van der Waals surface area contributed by atoms with Gasteiger partial charge in [0.05, 0.1) is 0 Å². The minimum Gasteiger partial charge on any atom is -0.409 e. The van der Waals surface area contributed by atoms with Gasteiger partial charge >= 0.3 is 0 Å². The van der Waals surface area contributed by atoms with E-state index in [0.29, 0.717) is 17.7 Å². The molecule has 0 aromatic carbocycles. The second-order valence-corrected chi connectivity index (χ2v) is 4.06. The number of hydrogen-bond donors (Lipinski definition) is 2. The van der Waals surface area contributed by atoms with E-state index in [9.17, 15) is 0 Å². The fourth-order valence-electron chi connectivity index (χ4n) is 1.60. The molecule has 0 saturated heterocycles. The summed E-state index contributed by atoms with van der Waals surface area (Å²) >= 11 is 0.